The Balaban J connectivity index is 2.64. The van der Waals surface area contributed by atoms with E-state index >= 15 is 0 Å². The molecule has 0 aliphatic carbocycles. The van der Waals surface area contributed by atoms with Crippen LogP contribution in [0.5, 0.6) is 0 Å². The van der Waals surface area contributed by atoms with Crippen LogP contribution in [0.1, 0.15) is 84.4 Å². The number of hydrogen-bond acceptors (Lipinski definition) is 1. The Bertz CT molecular complexity index is 343. The van der Waals surface area contributed by atoms with Crippen molar-refractivity contribution in [1.82, 2.24) is 9.55 Å². The number of nitrogens with zero attached hydrogens (tertiary/aromatic N) is 2. The number of unbranched alkanes of at least 4 members (excludes halogenated alkanes) is 5. The van der Waals surface area contributed by atoms with Crippen LogP contribution in [0.15, 0.2) is 12.4 Å². The van der Waals surface area contributed by atoms with Crippen LogP contribution in [0, 0.1) is 0 Å². The van der Waals surface area contributed by atoms with E-state index in [4.69, 9.17) is 0 Å². The van der Waals surface area contributed by atoms with Crippen LogP contribution in [0.3, 0.4) is 0 Å². The molecule has 0 saturated heterocycles. The van der Waals surface area contributed by atoms with Gasteiger partial charge in [0.2, 0.25) is 0 Å². The highest BCUT2D eigenvalue weighted by molar-refractivity contribution is 5.08. The Morgan fingerprint density at radius 1 is 1.00 bits per heavy atom. The molecule has 0 radical (unpaired) electrons. The number of hydrogen-bond donors (Lipinski definition) is 0. The van der Waals surface area contributed by atoms with E-state index in [0.29, 0.717) is 0 Å². The molecule has 0 spiro atoms. The Hall–Kier alpha value is -0.790. The summed E-state index contributed by atoms with van der Waals surface area (Å²) in [6, 6.07) is 0. The summed E-state index contributed by atoms with van der Waals surface area (Å²) < 4.78 is 2.21. The molecule has 1 aromatic heterocycles. The summed E-state index contributed by atoms with van der Waals surface area (Å²) in [6.45, 7) is 6.97. The van der Waals surface area contributed by atoms with Crippen molar-refractivity contribution in [2.24, 2.45) is 7.05 Å². The number of aromatic nitrogens is 2. The van der Waals surface area contributed by atoms with Crippen LogP contribution in [-0.4, -0.2) is 9.55 Å². The molecule has 1 atom stereocenters. The third-order valence-electron chi connectivity index (χ3n) is 4.28. The molecule has 19 heavy (non-hydrogen) atoms. The molecule has 2 nitrogen and oxygen atoms in total. The van der Waals surface area contributed by atoms with Gasteiger partial charge < -0.3 is 4.57 Å². The van der Waals surface area contributed by atoms with Crippen LogP contribution in [0.2, 0.25) is 0 Å². The Morgan fingerprint density at radius 3 is 2.11 bits per heavy atom. The average molecular weight is 264 g/mol. The maximum atomic E-state index is 4.63. The Labute approximate surface area is 119 Å². The summed E-state index contributed by atoms with van der Waals surface area (Å²) in [7, 11) is 2.13. The summed E-state index contributed by atoms with van der Waals surface area (Å²) in [5.74, 6) is 1.28. The van der Waals surface area contributed by atoms with E-state index in [0.717, 1.165) is 0 Å². The maximum Gasteiger partial charge on any atom is 0.114 e. The molecule has 1 rings (SSSR count). The van der Waals surface area contributed by atoms with Crippen molar-refractivity contribution in [2.45, 2.75) is 84.0 Å². The van der Waals surface area contributed by atoms with Crippen LogP contribution >= 0.6 is 0 Å². The molecule has 0 bridgehead atoms. The van der Waals surface area contributed by atoms with E-state index in [1.54, 1.807) is 0 Å². The second-order valence-corrected chi connectivity index (χ2v) is 6.19. The summed E-state index contributed by atoms with van der Waals surface area (Å²) in [6.07, 6.45) is 15.9. The molecule has 0 aromatic carbocycles. The normalized spacial score (nSPS) is 14.5. The van der Waals surface area contributed by atoms with Gasteiger partial charge in [-0.05, 0) is 12.8 Å². The minimum absolute atomic E-state index is 0.265. The third kappa shape index (κ3) is 5.00. The first-order chi connectivity index (χ1) is 9.14. The van der Waals surface area contributed by atoms with Crippen molar-refractivity contribution >= 4 is 0 Å². The van der Waals surface area contributed by atoms with E-state index in [-0.39, 0.29) is 5.41 Å². The summed E-state index contributed by atoms with van der Waals surface area (Å²) in [4.78, 5) is 4.63. The van der Waals surface area contributed by atoms with E-state index in [2.05, 4.69) is 43.6 Å². The molecular formula is C17H32N2. The lowest BCUT2D eigenvalue weighted by atomic mass is 9.79. The quantitative estimate of drug-likeness (QED) is 0.529. The molecule has 1 heterocycles. The first-order valence-corrected chi connectivity index (χ1v) is 8.12. The second-order valence-electron chi connectivity index (χ2n) is 6.19. The van der Waals surface area contributed by atoms with Crippen molar-refractivity contribution in [1.29, 1.82) is 0 Å². The van der Waals surface area contributed by atoms with Gasteiger partial charge in [0, 0.05) is 24.9 Å². The van der Waals surface area contributed by atoms with E-state index in [1.807, 2.05) is 6.20 Å². The first-order valence-electron chi connectivity index (χ1n) is 8.12. The van der Waals surface area contributed by atoms with Gasteiger partial charge in [-0.2, -0.15) is 0 Å². The van der Waals surface area contributed by atoms with E-state index in [1.165, 1.54) is 63.6 Å². The fourth-order valence-corrected chi connectivity index (χ4v) is 3.00. The molecule has 2 heteroatoms. The molecule has 0 aliphatic rings. The van der Waals surface area contributed by atoms with Gasteiger partial charge in [0.25, 0.3) is 0 Å². The van der Waals surface area contributed by atoms with Crippen LogP contribution < -0.4 is 0 Å². The van der Waals surface area contributed by atoms with E-state index < -0.39 is 0 Å². The monoisotopic (exact) mass is 264 g/mol. The zero-order valence-electron chi connectivity index (χ0n) is 13.4. The van der Waals surface area contributed by atoms with Crippen molar-refractivity contribution in [3.8, 4) is 0 Å². The van der Waals surface area contributed by atoms with Gasteiger partial charge in [0.05, 0.1) is 0 Å². The topological polar surface area (TPSA) is 17.8 Å². The highest BCUT2D eigenvalue weighted by atomic mass is 15.0. The molecule has 1 aromatic rings. The van der Waals surface area contributed by atoms with E-state index in [9.17, 15) is 0 Å². The average Bonchev–Trinajstić information content (AvgIpc) is 2.82. The van der Waals surface area contributed by atoms with Gasteiger partial charge in [-0.15, -0.1) is 0 Å². The minimum Gasteiger partial charge on any atom is -0.338 e. The SMILES string of the molecule is CCCCCCC(C)(CCCCC)c1nccn1C. The minimum atomic E-state index is 0.265. The second kappa shape index (κ2) is 8.39. The molecule has 0 N–H and O–H groups in total. The molecule has 110 valence electrons. The Kier molecular flexibility index (Phi) is 7.19. The molecular weight excluding hydrogens is 232 g/mol. The fraction of sp³-hybridized carbons (Fsp3) is 0.824. The molecule has 1 unspecified atom stereocenters. The summed E-state index contributed by atoms with van der Waals surface area (Å²) in [5.41, 5.74) is 0.265. The largest absolute Gasteiger partial charge is 0.338 e. The number of rotatable bonds is 10. The highest BCUT2D eigenvalue weighted by Crippen LogP contribution is 2.34. The highest BCUT2D eigenvalue weighted by Gasteiger charge is 2.29. The van der Waals surface area contributed by atoms with Crippen LogP contribution in [0.4, 0.5) is 0 Å². The smallest absolute Gasteiger partial charge is 0.114 e. The lowest BCUT2D eigenvalue weighted by molar-refractivity contribution is 0.339. The maximum absolute atomic E-state index is 4.63. The molecule has 0 aliphatic heterocycles. The lowest BCUT2D eigenvalue weighted by Gasteiger charge is -2.29. The zero-order valence-corrected chi connectivity index (χ0v) is 13.4. The van der Waals surface area contributed by atoms with Gasteiger partial charge in [-0.3, -0.25) is 0 Å². The molecule has 0 fully saturated rings. The van der Waals surface area contributed by atoms with Gasteiger partial charge in [0.1, 0.15) is 5.82 Å². The molecule has 0 amide bonds. The summed E-state index contributed by atoms with van der Waals surface area (Å²) in [5, 5.41) is 0. The molecule has 0 saturated carbocycles. The number of aryl methyl sites for hydroxylation is 1. The van der Waals surface area contributed by atoms with Gasteiger partial charge in [-0.25, -0.2) is 4.98 Å². The lowest BCUT2D eigenvalue weighted by Crippen LogP contribution is -2.26. The zero-order chi connectivity index (χ0) is 14.1. The van der Waals surface area contributed by atoms with Crippen LogP contribution in [0.25, 0.3) is 0 Å². The number of imidazole rings is 1. The third-order valence-corrected chi connectivity index (χ3v) is 4.28. The van der Waals surface area contributed by atoms with Crippen molar-refractivity contribution in [3.63, 3.8) is 0 Å². The van der Waals surface area contributed by atoms with Crippen molar-refractivity contribution in [2.75, 3.05) is 0 Å². The first kappa shape index (κ1) is 16.3. The predicted molar refractivity (Wildman–Crippen MR) is 83.5 cm³/mol. The van der Waals surface area contributed by atoms with Crippen molar-refractivity contribution < 1.29 is 0 Å². The van der Waals surface area contributed by atoms with Gasteiger partial charge in [0.15, 0.2) is 0 Å². The van der Waals surface area contributed by atoms with Gasteiger partial charge >= 0.3 is 0 Å². The van der Waals surface area contributed by atoms with Gasteiger partial charge in [-0.1, -0.05) is 65.7 Å². The fourth-order valence-electron chi connectivity index (χ4n) is 3.00. The van der Waals surface area contributed by atoms with Crippen LogP contribution in [-0.2, 0) is 12.5 Å². The summed E-state index contributed by atoms with van der Waals surface area (Å²) >= 11 is 0. The Morgan fingerprint density at radius 2 is 1.58 bits per heavy atom. The van der Waals surface area contributed by atoms with Crippen molar-refractivity contribution in [3.05, 3.63) is 18.2 Å². The predicted octanol–water partition coefficient (Wildman–Crippen LogP) is 5.23. The standard InChI is InChI=1S/C17H32N2/c1-5-7-9-11-13-17(3,12-10-8-6-2)16-18-14-15-19(16)4/h14-15H,5-13H2,1-4H3.